The zero-order valence-corrected chi connectivity index (χ0v) is 26.1. The molecule has 226 valence electrons. The molecule has 0 radical (unpaired) electrons. The number of H-pyrrole nitrogens is 1. The molecule has 9 heteroatoms. The number of carbonyl (C=O) groups excluding carboxylic acids is 1. The van der Waals surface area contributed by atoms with Gasteiger partial charge >= 0.3 is 0 Å². The van der Waals surface area contributed by atoms with E-state index in [1.165, 1.54) is 5.56 Å². The molecule has 1 fully saturated rings. The Labute approximate surface area is 255 Å². The molecule has 1 aliphatic heterocycles. The van der Waals surface area contributed by atoms with Crippen LogP contribution in [0.3, 0.4) is 0 Å². The first-order chi connectivity index (χ1) is 20.5. The molecule has 5 rings (SSSR count). The first kappa shape index (κ1) is 30.6. The molecule has 3 unspecified atom stereocenters. The molecule has 3 N–H and O–H groups in total. The number of nitriles is 1. The van der Waals surface area contributed by atoms with Crippen molar-refractivity contribution in [1.29, 1.82) is 5.26 Å². The number of benzene rings is 2. The van der Waals surface area contributed by atoms with Gasteiger partial charge in [-0.15, -0.1) is 10.2 Å². The van der Waals surface area contributed by atoms with E-state index in [1.807, 2.05) is 12.1 Å². The fourth-order valence-electron chi connectivity index (χ4n) is 6.90. The quantitative estimate of drug-likeness (QED) is 0.236. The lowest BCUT2D eigenvalue weighted by atomic mass is 9.69. The molecular weight excluding hydrogens is 536 g/mol. The number of hydrogen-bond acceptors (Lipinski definition) is 8. The lowest BCUT2D eigenvalue weighted by molar-refractivity contribution is 0.101. The number of hydrogen-bond donors (Lipinski definition) is 3. The van der Waals surface area contributed by atoms with Crippen LogP contribution in [0.15, 0.2) is 43.0 Å². The van der Waals surface area contributed by atoms with Crippen LogP contribution in [0.2, 0.25) is 0 Å². The van der Waals surface area contributed by atoms with Gasteiger partial charge in [-0.2, -0.15) is 10.5 Å². The molecule has 3 atom stereocenters. The molecule has 0 spiro atoms. The normalized spacial score (nSPS) is 20.9. The van der Waals surface area contributed by atoms with Crippen molar-refractivity contribution >= 4 is 11.5 Å². The number of ketones is 1. The maximum Gasteiger partial charge on any atom is 0.189 e. The van der Waals surface area contributed by atoms with Crippen molar-refractivity contribution in [2.75, 3.05) is 19.6 Å². The number of Topliss-reactive ketones (excluding diaryl/α,β-unsaturated/α-hetero) is 1. The minimum Gasteiger partial charge on any atom is -0.380 e. The third-order valence-electron chi connectivity index (χ3n) is 8.93. The van der Waals surface area contributed by atoms with Crippen LogP contribution in [-0.4, -0.2) is 68.6 Å². The number of tetrazole rings is 1. The Kier molecular flexibility index (Phi) is 8.81. The predicted molar refractivity (Wildman–Crippen MR) is 169 cm³/mol. The summed E-state index contributed by atoms with van der Waals surface area (Å²) in [6, 6.07) is 15.4. The highest BCUT2D eigenvalue weighted by Gasteiger charge is 2.44. The molecule has 0 saturated carbocycles. The number of aromatic amines is 1. The lowest BCUT2D eigenvalue weighted by Crippen LogP contribution is -2.44. The smallest absolute Gasteiger partial charge is 0.189 e. The number of aromatic nitrogens is 4. The van der Waals surface area contributed by atoms with Crippen molar-refractivity contribution in [1.82, 2.24) is 36.2 Å². The number of rotatable bonds is 10. The average molecular weight is 581 g/mol. The molecule has 1 saturated heterocycles. The second-order valence-electron chi connectivity index (χ2n) is 13.1. The highest BCUT2D eigenvalue weighted by atomic mass is 16.1. The maximum atomic E-state index is 12.4. The van der Waals surface area contributed by atoms with E-state index < -0.39 is 5.41 Å². The minimum absolute atomic E-state index is 0.00437. The summed E-state index contributed by atoms with van der Waals surface area (Å²) in [4.78, 5) is 14.7. The van der Waals surface area contributed by atoms with Crippen LogP contribution in [0.4, 0.5) is 0 Å². The van der Waals surface area contributed by atoms with Gasteiger partial charge in [0.15, 0.2) is 11.6 Å². The van der Waals surface area contributed by atoms with Gasteiger partial charge in [0, 0.05) is 29.4 Å². The van der Waals surface area contributed by atoms with E-state index in [0.29, 0.717) is 24.4 Å². The van der Waals surface area contributed by atoms with E-state index in [9.17, 15) is 10.1 Å². The number of nitrogens with one attached hydrogen (secondary N) is 3. The molecule has 9 nitrogen and oxygen atoms in total. The van der Waals surface area contributed by atoms with Crippen LogP contribution in [0.25, 0.3) is 5.70 Å². The largest absolute Gasteiger partial charge is 0.380 e. The molecule has 0 bridgehead atoms. The van der Waals surface area contributed by atoms with Crippen molar-refractivity contribution in [2.45, 2.75) is 89.8 Å². The minimum atomic E-state index is -0.681. The van der Waals surface area contributed by atoms with Crippen LogP contribution in [0, 0.1) is 11.3 Å². The van der Waals surface area contributed by atoms with E-state index in [4.69, 9.17) is 0 Å². The fourth-order valence-corrected chi connectivity index (χ4v) is 6.90. The van der Waals surface area contributed by atoms with Crippen molar-refractivity contribution < 1.29 is 4.79 Å². The standard InChI is InChI=1S/C34H44N8O/c1-22(42-17-7-8-29(42)20-35)21-36-16-15-34(32-38-40-41-39-32)30-13-11-25(23(2)37-33(4,5)6)18-27(30)9-10-28-19-26(24(3)43)12-14-31(28)34/h11-14,18-19,22,29,36-37H,2,7-10,15-17,21H2,1,3-6H3,(H,38,39,40,41). The monoisotopic (exact) mass is 580 g/mol. The summed E-state index contributed by atoms with van der Waals surface area (Å²) in [6.45, 7) is 17.0. The van der Waals surface area contributed by atoms with Gasteiger partial charge in [-0.3, -0.25) is 9.69 Å². The van der Waals surface area contributed by atoms with Crippen molar-refractivity contribution in [2.24, 2.45) is 0 Å². The van der Waals surface area contributed by atoms with Crippen molar-refractivity contribution in [3.05, 3.63) is 82.2 Å². The first-order valence-electron chi connectivity index (χ1n) is 15.4. The summed E-state index contributed by atoms with van der Waals surface area (Å²) >= 11 is 0. The van der Waals surface area contributed by atoms with Gasteiger partial charge in [0.05, 0.1) is 17.5 Å². The summed E-state index contributed by atoms with van der Waals surface area (Å²) in [5.41, 5.74) is 6.45. The van der Waals surface area contributed by atoms with Crippen LogP contribution in [0.1, 0.15) is 97.9 Å². The highest BCUT2D eigenvalue weighted by molar-refractivity contribution is 5.94. The summed E-state index contributed by atoms with van der Waals surface area (Å²) < 4.78 is 0. The summed E-state index contributed by atoms with van der Waals surface area (Å²) in [5, 5.41) is 32.7. The molecular formula is C34H44N8O. The molecule has 1 aromatic heterocycles. The lowest BCUT2D eigenvalue weighted by Gasteiger charge is -2.35. The molecule has 0 amide bonds. The van der Waals surface area contributed by atoms with Gasteiger partial charge in [0.1, 0.15) is 0 Å². The zero-order valence-electron chi connectivity index (χ0n) is 26.1. The second-order valence-corrected chi connectivity index (χ2v) is 13.1. The van der Waals surface area contributed by atoms with E-state index in [-0.39, 0.29) is 23.4 Å². The molecule has 43 heavy (non-hydrogen) atoms. The van der Waals surface area contributed by atoms with Gasteiger partial charge < -0.3 is 10.6 Å². The maximum absolute atomic E-state index is 12.4. The van der Waals surface area contributed by atoms with E-state index in [1.54, 1.807) is 6.92 Å². The Bertz CT molecular complexity index is 1520. The van der Waals surface area contributed by atoms with Crippen LogP contribution < -0.4 is 10.6 Å². The van der Waals surface area contributed by atoms with Gasteiger partial charge in [-0.25, -0.2) is 0 Å². The number of likely N-dealkylation sites (tertiary alicyclic amines) is 1. The summed E-state index contributed by atoms with van der Waals surface area (Å²) in [5.74, 6) is 0.667. The Morgan fingerprint density at radius 2 is 1.86 bits per heavy atom. The van der Waals surface area contributed by atoms with Gasteiger partial charge in [0.2, 0.25) is 0 Å². The summed E-state index contributed by atoms with van der Waals surface area (Å²) in [7, 11) is 0. The van der Waals surface area contributed by atoms with Gasteiger partial charge in [-0.05, 0) is 120 Å². The first-order valence-corrected chi connectivity index (χ1v) is 15.4. The van der Waals surface area contributed by atoms with Gasteiger partial charge in [-0.1, -0.05) is 36.1 Å². The fraction of sp³-hybridized carbons (Fsp3) is 0.500. The average Bonchev–Trinajstić information content (AvgIpc) is 3.66. The number of nitrogens with zero attached hydrogens (tertiary/aromatic N) is 5. The van der Waals surface area contributed by atoms with Gasteiger partial charge in [0.25, 0.3) is 0 Å². The zero-order chi connectivity index (χ0) is 30.8. The predicted octanol–water partition coefficient (Wildman–Crippen LogP) is 4.55. The summed E-state index contributed by atoms with van der Waals surface area (Å²) in [6.07, 6.45) is 4.31. The van der Waals surface area contributed by atoms with E-state index in [2.05, 4.69) is 101 Å². The molecule has 2 aromatic carbocycles. The topological polar surface area (TPSA) is 123 Å². The Hall–Kier alpha value is -3.87. The van der Waals surface area contributed by atoms with Crippen LogP contribution in [0.5, 0.6) is 0 Å². The number of aryl methyl sites for hydroxylation is 2. The Morgan fingerprint density at radius 3 is 2.47 bits per heavy atom. The second kappa shape index (κ2) is 12.4. The Morgan fingerprint density at radius 1 is 1.19 bits per heavy atom. The van der Waals surface area contributed by atoms with Crippen LogP contribution >= 0.6 is 0 Å². The third-order valence-corrected chi connectivity index (χ3v) is 8.93. The molecule has 2 aliphatic rings. The number of carbonyl (C=O) groups is 1. The number of fused-ring (bicyclic) bond motifs is 2. The van der Waals surface area contributed by atoms with Crippen molar-refractivity contribution in [3.63, 3.8) is 0 Å². The SMILES string of the molecule is C=C(NC(C)(C)C)c1ccc2c(c1)CCc1cc(C(C)=O)ccc1C2(CCNCC(C)N1CCCC1C#N)c1nn[nH]n1. The third kappa shape index (κ3) is 6.27. The van der Waals surface area contributed by atoms with E-state index in [0.717, 1.165) is 66.7 Å². The van der Waals surface area contributed by atoms with Crippen molar-refractivity contribution in [3.8, 4) is 6.07 Å². The molecule has 1 aliphatic carbocycles. The van der Waals surface area contributed by atoms with Crippen LogP contribution in [-0.2, 0) is 18.3 Å². The highest BCUT2D eigenvalue weighted by Crippen LogP contribution is 2.46. The Balaban J connectivity index is 1.54. The molecule has 2 heterocycles. The molecule has 3 aromatic rings. The van der Waals surface area contributed by atoms with E-state index >= 15 is 0 Å².